The van der Waals surface area contributed by atoms with Crippen LogP contribution in [0.5, 0.6) is 0 Å². The van der Waals surface area contributed by atoms with E-state index in [1.165, 1.54) is 4.88 Å². The largest absolute Gasteiger partial charge is 0.347 e. The fourth-order valence-electron chi connectivity index (χ4n) is 1.82. The third-order valence-electron chi connectivity index (χ3n) is 2.57. The number of thiophene rings is 1. The van der Waals surface area contributed by atoms with E-state index in [9.17, 15) is 4.79 Å². The second-order valence-corrected chi connectivity index (χ2v) is 5.78. The Bertz CT molecular complexity index is 361. The zero-order valence-electron chi connectivity index (χ0n) is 8.08. The van der Waals surface area contributed by atoms with Gasteiger partial charge in [0.15, 0.2) is 0 Å². The number of carbonyl (C=O) groups excluding carboxylic acids is 1. The highest BCUT2D eigenvalue weighted by Gasteiger charge is 2.42. The molecule has 4 heteroatoms. The highest BCUT2D eigenvalue weighted by molar-refractivity contribution is 9.10. The van der Waals surface area contributed by atoms with E-state index in [1.807, 2.05) is 0 Å². The molecule has 0 spiro atoms. The SMILES string of the molecule is CC(C)C1C(=O)NC1c1cc(Br)cs1. The van der Waals surface area contributed by atoms with E-state index in [1.54, 1.807) is 11.3 Å². The van der Waals surface area contributed by atoms with Crippen LogP contribution in [0.3, 0.4) is 0 Å². The van der Waals surface area contributed by atoms with Gasteiger partial charge in [0.25, 0.3) is 0 Å². The minimum atomic E-state index is 0.153. The van der Waals surface area contributed by atoms with Gasteiger partial charge >= 0.3 is 0 Å². The van der Waals surface area contributed by atoms with Crippen molar-refractivity contribution in [3.05, 3.63) is 20.8 Å². The topological polar surface area (TPSA) is 29.1 Å². The fraction of sp³-hybridized carbons (Fsp3) is 0.500. The molecule has 2 unspecified atom stereocenters. The van der Waals surface area contributed by atoms with Crippen LogP contribution < -0.4 is 5.32 Å². The van der Waals surface area contributed by atoms with Gasteiger partial charge in [-0.25, -0.2) is 0 Å². The van der Waals surface area contributed by atoms with Gasteiger partial charge < -0.3 is 5.32 Å². The van der Waals surface area contributed by atoms with Crippen LogP contribution in [0.4, 0.5) is 0 Å². The van der Waals surface area contributed by atoms with E-state index in [4.69, 9.17) is 0 Å². The molecule has 1 fully saturated rings. The molecule has 1 aliphatic rings. The molecule has 1 aliphatic heterocycles. The molecule has 1 N–H and O–H groups in total. The summed E-state index contributed by atoms with van der Waals surface area (Å²) in [6, 6.07) is 2.32. The lowest BCUT2D eigenvalue weighted by molar-refractivity contribution is -0.137. The van der Waals surface area contributed by atoms with Crippen molar-refractivity contribution in [3.63, 3.8) is 0 Å². The molecule has 0 aliphatic carbocycles. The molecule has 0 radical (unpaired) electrons. The second-order valence-electron chi connectivity index (χ2n) is 3.92. The van der Waals surface area contributed by atoms with Gasteiger partial charge in [-0.05, 0) is 27.9 Å². The molecule has 2 rings (SSSR count). The Morgan fingerprint density at radius 1 is 1.57 bits per heavy atom. The highest BCUT2D eigenvalue weighted by atomic mass is 79.9. The molecule has 2 nitrogen and oxygen atoms in total. The minimum Gasteiger partial charge on any atom is -0.347 e. The van der Waals surface area contributed by atoms with Crippen molar-refractivity contribution in [2.75, 3.05) is 0 Å². The van der Waals surface area contributed by atoms with E-state index in [-0.39, 0.29) is 17.9 Å². The molecule has 0 saturated carbocycles. The van der Waals surface area contributed by atoms with Crippen LogP contribution in [0, 0.1) is 11.8 Å². The molecule has 1 saturated heterocycles. The Kier molecular flexibility index (Phi) is 2.66. The number of halogens is 1. The van der Waals surface area contributed by atoms with Gasteiger partial charge in [-0.3, -0.25) is 4.79 Å². The maximum Gasteiger partial charge on any atom is 0.226 e. The summed E-state index contributed by atoms with van der Waals surface area (Å²) in [5.41, 5.74) is 0. The number of amides is 1. The van der Waals surface area contributed by atoms with Crippen LogP contribution in [0.25, 0.3) is 0 Å². The zero-order chi connectivity index (χ0) is 10.3. The molecule has 0 bridgehead atoms. The summed E-state index contributed by atoms with van der Waals surface area (Å²) in [6.07, 6.45) is 0. The third-order valence-corrected chi connectivity index (χ3v) is 4.35. The van der Waals surface area contributed by atoms with Gasteiger partial charge in [0.1, 0.15) is 0 Å². The lowest BCUT2D eigenvalue weighted by Crippen LogP contribution is -2.53. The normalized spacial score (nSPS) is 26.1. The summed E-state index contributed by atoms with van der Waals surface area (Å²) in [5, 5.41) is 5.01. The first kappa shape index (κ1) is 10.2. The second kappa shape index (κ2) is 3.66. The summed E-state index contributed by atoms with van der Waals surface area (Å²) in [7, 11) is 0. The van der Waals surface area contributed by atoms with Crippen LogP contribution in [-0.2, 0) is 4.79 Å². The maximum atomic E-state index is 11.3. The van der Waals surface area contributed by atoms with Crippen LogP contribution in [-0.4, -0.2) is 5.91 Å². The van der Waals surface area contributed by atoms with Crippen LogP contribution in [0.2, 0.25) is 0 Å². The molecule has 1 amide bonds. The Labute approximate surface area is 95.8 Å². The van der Waals surface area contributed by atoms with Gasteiger partial charge in [0.2, 0.25) is 5.91 Å². The number of rotatable bonds is 2. The van der Waals surface area contributed by atoms with Crippen LogP contribution >= 0.6 is 27.3 Å². The van der Waals surface area contributed by atoms with Crippen molar-refractivity contribution in [2.45, 2.75) is 19.9 Å². The van der Waals surface area contributed by atoms with Gasteiger partial charge in [-0.15, -0.1) is 11.3 Å². The summed E-state index contributed by atoms with van der Waals surface area (Å²) in [4.78, 5) is 12.6. The van der Waals surface area contributed by atoms with Gasteiger partial charge in [-0.1, -0.05) is 13.8 Å². The predicted octanol–water partition coefficient (Wildman–Crippen LogP) is 2.95. The van der Waals surface area contributed by atoms with Gasteiger partial charge in [0, 0.05) is 14.7 Å². The Hall–Kier alpha value is -0.350. The van der Waals surface area contributed by atoms with Crippen LogP contribution in [0.1, 0.15) is 24.8 Å². The molecule has 76 valence electrons. The summed E-state index contributed by atoms with van der Waals surface area (Å²) in [6.45, 7) is 4.19. The van der Waals surface area contributed by atoms with E-state index in [0.29, 0.717) is 5.92 Å². The zero-order valence-corrected chi connectivity index (χ0v) is 10.5. The smallest absolute Gasteiger partial charge is 0.226 e. The monoisotopic (exact) mass is 273 g/mol. The van der Waals surface area contributed by atoms with Gasteiger partial charge in [-0.2, -0.15) is 0 Å². The van der Waals surface area contributed by atoms with Crippen molar-refractivity contribution in [1.29, 1.82) is 0 Å². The number of nitrogens with one attached hydrogen (secondary N) is 1. The minimum absolute atomic E-state index is 0.153. The molecule has 0 aromatic carbocycles. The Morgan fingerprint density at radius 3 is 2.71 bits per heavy atom. The van der Waals surface area contributed by atoms with E-state index in [0.717, 1.165) is 4.47 Å². The lowest BCUT2D eigenvalue weighted by atomic mass is 9.80. The number of hydrogen-bond acceptors (Lipinski definition) is 2. The molecule has 14 heavy (non-hydrogen) atoms. The number of β-lactam (4-membered cyclic amide) rings is 1. The van der Waals surface area contributed by atoms with Crippen molar-refractivity contribution < 1.29 is 4.79 Å². The lowest BCUT2D eigenvalue weighted by Gasteiger charge is -2.38. The number of carbonyl (C=O) groups is 1. The predicted molar refractivity (Wildman–Crippen MR) is 61.2 cm³/mol. The van der Waals surface area contributed by atoms with E-state index >= 15 is 0 Å². The average molecular weight is 274 g/mol. The maximum absolute atomic E-state index is 11.3. The first-order valence-electron chi connectivity index (χ1n) is 4.64. The molecular formula is C10H12BrNOS. The summed E-state index contributed by atoms with van der Waals surface area (Å²) < 4.78 is 1.10. The average Bonchev–Trinajstić information content (AvgIpc) is 2.45. The highest BCUT2D eigenvalue weighted by Crippen LogP contribution is 2.39. The quantitative estimate of drug-likeness (QED) is 0.825. The van der Waals surface area contributed by atoms with Crippen molar-refractivity contribution in [3.8, 4) is 0 Å². The van der Waals surface area contributed by atoms with E-state index in [2.05, 4.69) is 46.5 Å². The first-order chi connectivity index (χ1) is 6.59. The molecule has 1 aromatic rings. The third kappa shape index (κ3) is 1.61. The van der Waals surface area contributed by atoms with Crippen molar-refractivity contribution >= 4 is 33.2 Å². The first-order valence-corrected chi connectivity index (χ1v) is 6.31. The van der Waals surface area contributed by atoms with Crippen molar-refractivity contribution in [1.82, 2.24) is 5.32 Å². The van der Waals surface area contributed by atoms with E-state index < -0.39 is 0 Å². The summed E-state index contributed by atoms with van der Waals surface area (Å²) in [5.74, 6) is 0.754. The molecular weight excluding hydrogens is 262 g/mol. The number of hydrogen-bond donors (Lipinski definition) is 1. The Morgan fingerprint density at radius 2 is 2.29 bits per heavy atom. The molecule has 1 aromatic heterocycles. The van der Waals surface area contributed by atoms with Gasteiger partial charge in [0.05, 0.1) is 12.0 Å². The summed E-state index contributed by atoms with van der Waals surface area (Å²) >= 11 is 5.12. The van der Waals surface area contributed by atoms with Crippen LogP contribution in [0.15, 0.2) is 15.9 Å². The standard InChI is InChI=1S/C10H12BrNOS/c1-5(2)8-9(12-10(8)13)7-3-6(11)4-14-7/h3-5,8-9H,1-2H3,(H,12,13). The molecule has 2 heterocycles. The Balaban J connectivity index is 2.17. The fourth-order valence-corrected chi connectivity index (χ4v) is 3.36. The molecule has 2 atom stereocenters. The van der Waals surface area contributed by atoms with Crippen molar-refractivity contribution in [2.24, 2.45) is 11.8 Å².